The van der Waals surface area contributed by atoms with Gasteiger partial charge in [0, 0.05) is 77.2 Å². The second-order valence-electron chi connectivity index (χ2n) is 14.6. The number of aromatic nitrogens is 2. The summed E-state index contributed by atoms with van der Waals surface area (Å²) in [6.07, 6.45) is 1.69. The van der Waals surface area contributed by atoms with Gasteiger partial charge in [0.05, 0.1) is 40.0 Å². The van der Waals surface area contributed by atoms with Crippen molar-refractivity contribution in [3.8, 4) is 17.1 Å². The first-order valence-corrected chi connectivity index (χ1v) is 20.2. The van der Waals surface area contributed by atoms with Gasteiger partial charge in [-0.15, -0.1) is 0 Å². The molecule has 57 heavy (non-hydrogen) atoms. The van der Waals surface area contributed by atoms with Gasteiger partial charge in [-0.25, -0.2) is 4.98 Å². The van der Waals surface area contributed by atoms with E-state index in [0.717, 1.165) is 108 Å². The summed E-state index contributed by atoms with van der Waals surface area (Å²) < 4.78 is 2.22. The first-order valence-electron chi connectivity index (χ1n) is 19.5. The van der Waals surface area contributed by atoms with Crippen molar-refractivity contribution < 1.29 is 9.59 Å². The molecule has 5 aromatic rings. The number of carbonyl (C=O) groups excluding carboxylic acids is 2. The molecule has 9 nitrogen and oxygen atoms in total. The number of benzene rings is 6. The van der Waals surface area contributed by atoms with Crippen molar-refractivity contribution in [2.75, 3.05) is 57.7 Å². The minimum atomic E-state index is -0.189. The first-order chi connectivity index (χ1) is 27.9. The van der Waals surface area contributed by atoms with Crippen LogP contribution in [0.4, 0.5) is 11.4 Å². The lowest BCUT2D eigenvalue weighted by atomic mass is 9.94. The smallest absolute Gasteiger partial charge is 0.261 e. The molecule has 0 aromatic heterocycles. The highest BCUT2D eigenvalue weighted by Crippen LogP contribution is 2.32. The number of anilines is 2. The van der Waals surface area contributed by atoms with Gasteiger partial charge in [-0.1, -0.05) is 59.6 Å². The predicted molar refractivity (Wildman–Crippen MR) is 229 cm³/mol. The van der Waals surface area contributed by atoms with Crippen LogP contribution in [0.15, 0.2) is 126 Å². The third kappa shape index (κ3) is 7.64. The van der Waals surface area contributed by atoms with Gasteiger partial charge < -0.3 is 14.8 Å². The van der Waals surface area contributed by atoms with Gasteiger partial charge in [0.1, 0.15) is 0 Å². The largest absolute Gasteiger partial charge is 0.354 e. The van der Waals surface area contributed by atoms with E-state index >= 15 is 0 Å². The SMILES string of the molecule is O=C1c2cccc3cccc(c23)C(=O)N1CCCCN1CCN(CCN=c2cc3n(-c4ccc(Cl)cc4)c4ccccc4nc-3cc2Nc2ccc(Cl)cc2)CC1. The lowest BCUT2D eigenvalue weighted by molar-refractivity contribution is 0.0605. The van der Waals surface area contributed by atoms with E-state index in [1.165, 1.54) is 4.90 Å². The van der Waals surface area contributed by atoms with Gasteiger partial charge in [0.15, 0.2) is 0 Å². The average molecular weight is 795 g/mol. The number of carbonyl (C=O) groups is 2. The summed E-state index contributed by atoms with van der Waals surface area (Å²) in [6, 6.07) is 39.2. The quantitative estimate of drug-likeness (QED) is 0.0800. The number of hydrogen-bond donors (Lipinski definition) is 1. The molecule has 1 aliphatic carbocycles. The van der Waals surface area contributed by atoms with E-state index in [0.29, 0.717) is 34.3 Å². The zero-order valence-corrected chi connectivity index (χ0v) is 32.9. The molecule has 0 bridgehead atoms. The van der Waals surface area contributed by atoms with E-state index in [4.69, 9.17) is 33.2 Å². The normalized spacial score (nSPS) is 15.3. The molecular formula is C46H41Cl2N7O2. The second kappa shape index (κ2) is 16.1. The minimum Gasteiger partial charge on any atom is -0.354 e. The summed E-state index contributed by atoms with van der Waals surface area (Å²) in [7, 11) is 0. The Kier molecular flexibility index (Phi) is 10.5. The molecule has 3 heterocycles. The molecule has 0 atom stereocenters. The highest BCUT2D eigenvalue weighted by molar-refractivity contribution is 6.31. The number of hydrogen-bond acceptors (Lipinski definition) is 7. The number of fused-ring (bicyclic) bond motifs is 2. The number of unbranched alkanes of at least 4 members (excludes halogenated alkanes) is 1. The second-order valence-corrected chi connectivity index (χ2v) is 15.5. The molecule has 5 aromatic carbocycles. The van der Waals surface area contributed by atoms with Crippen LogP contribution in [0, 0.1) is 0 Å². The molecule has 1 saturated heterocycles. The third-order valence-corrected chi connectivity index (χ3v) is 11.5. The molecule has 3 aliphatic heterocycles. The van der Waals surface area contributed by atoms with Gasteiger partial charge in [-0.3, -0.25) is 24.4 Å². The van der Waals surface area contributed by atoms with Crippen LogP contribution in [0.5, 0.6) is 0 Å². The van der Waals surface area contributed by atoms with Crippen molar-refractivity contribution >= 4 is 68.2 Å². The fraction of sp³-hybridized carbons (Fsp3) is 0.217. The molecule has 286 valence electrons. The van der Waals surface area contributed by atoms with Crippen molar-refractivity contribution in [3.63, 3.8) is 0 Å². The number of nitrogens with zero attached hydrogens (tertiary/aromatic N) is 6. The fourth-order valence-electron chi connectivity index (χ4n) is 8.07. The Morgan fingerprint density at radius 1 is 0.667 bits per heavy atom. The van der Waals surface area contributed by atoms with E-state index < -0.39 is 0 Å². The Labute approximate surface area is 341 Å². The van der Waals surface area contributed by atoms with Gasteiger partial charge in [0.2, 0.25) is 0 Å². The molecular weight excluding hydrogens is 753 g/mol. The Hall–Kier alpha value is -5.58. The molecule has 1 N–H and O–H groups in total. The van der Waals surface area contributed by atoms with Crippen molar-refractivity contribution in [3.05, 3.63) is 148 Å². The number of rotatable bonds is 11. The molecule has 0 unspecified atom stereocenters. The highest BCUT2D eigenvalue weighted by Gasteiger charge is 2.32. The van der Waals surface area contributed by atoms with E-state index in [1.54, 1.807) is 0 Å². The maximum Gasteiger partial charge on any atom is 0.261 e. The summed E-state index contributed by atoms with van der Waals surface area (Å²) >= 11 is 12.5. The number of nitrogens with one attached hydrogen (secondary N) is 1. The van der Waals surface area contributed by atoms with Crippen LogP contribution in [0.3, 0.4) is 0 Å². The highest BCUT2D eigenvalue weighted by atomic mass is 35.5. The molecule has 11 heteroatoms. The third-order valence-electron chi connectivity index (χ3n) is 11.0. The summed E-state index contributed by atoms with van der Waals surface area (Å²) in [5.41, 5.74) is 7.67. The molecule has 0 saturated carbocycles. The molecule has 1 fully saturated rings. The summed E-state index contributed by atoms with van der Waals surface area (Å²) in [5.74, 6) is -0.378. The van der Waals surface area contributed by atoms with Crippen LogP contribution < -0.4 is 10.7 Å². The number of piperazine rings is 1. The van der Waals surface area contributed by atoms with Crippen molar-refractivity contribution in [2.24, 2.45) is 4.99 Å². The van der Waals surface area contributed by atoms with Crippen molar-refractivity contribution in [1.29, 1.82) is 0 Å². The molecule has 0 radical (unpaired) electrons. The van der Waals surface area contributed by atoms with E-state index in [-0.39, 0.29) is 11.8 Å². The monoisotopic (exact) mass is 793 g/mol. The average Bonchev–Trinajstić information content (AvgIpc) is 3.23. The van der Waals surface area contributed by atoms with Crippen LogP contribution in [-0.2, 0) is 0 Å². The number of imide groups is 1. The lowest BCUT2D eigenvalue weighted by Gasteiger charge is -2.34. The Balaban J connectivity index is 0.868. The topological polar surface area (TPSA) is 86.1 Å². The van der Waals surface area contributed by atoms with Crippen molar-refractivity contribution in [2.45, 2.75) is 12.8 Å². The predicted octanol–water partition coefficient (Wildman–Crippen LogP) is 8.93. The molecule has 2 amide bonds. The number of amides is 2. The Morgan fingerprint density at radius 2 is 1.30 bits per heavy atom. The van der Waals surface area contributed by atoms with E-state index in [1.807, 2.05) is 103 Å². The summed E-state index contributed by atoms with van der Waals surface area (Å²) in [5, 5.41) is 7.49. The molecule has 9 rings (SSSR count). The lowest BCUT2D eigenvalue weighted by Crippen LogP contribution is -2.47. The van der Waals surface area contributed by atoms with E-state index in [2.05, 4.69) is 37.9 Å². The summed E-state index contributed by atoms with van der Waals surface area (Å²) in [4.78, 5) is 43.2. The number of halogens is 2. The van der Waals surface area contributed by atoms with Crippen LogP contribution in [0.25, 0.3) is 38.9 Å². The van der Waals surface area contributed by atoms with Crippen LogP contribution in [-0.4, -0.2) is 88.4 Å². The first kappa shape index (κ1) is 37.0. The van der Waals surface area contributed by atoms with Gasteiger partial charge in [-0.2, -0.15) is 0 Å². The maximum absolute atomic E-state index is 13.3. The zero-order chi connectivity index (χ0) is 38.9. The standard InChI is InChI=1S/C46H41Cl2N7O2/c47-32-13-17-34(18-14-32)50-40-29-41-43(55(35-19-15-33(48)16-20-35)42-12-2-1-11-38(42)51-41)30-39(40)49-21-24-53-27-25-52(26-28-53)22-3-4-23-54-45(56)36-9-5-7-31-8-6-10-37(44(31)36)46(54)57/h1-2,5-20,29-30,50H,3-4,21-28H2. The van der Waals surface area contributed by atoms with Crippen LogP contribution in [0.1, 0.15) is 33.6 Å². The van der Waals surface area contributed by atoms with Crippen molar-refractivity contribution in [1.82, 2.24) is 24.3 Å². The Morgan fingerprint density at radius 3 is 2.00 bits per heavy atom. The Bertz CT molecular complexity index is 2600. The van der Waals surface area contributed by atoms with Crippen LogP contribution in [0.2, 0.25) is 10.0 Å². The number of para-hydroxylation sites is 2. The summed E-state index contributed by atoms with van der Waals surface area (Å²) in [6.45, 7) is 6.70. The van der Waals surface area contributed by atoms with Crippen LogP contribution >= 0.6 is 23.2 Å². The van der Waals surface area contributed by atoms with Gasteiger partial charge >= 0.3 is 0 Å². The minimum absolute atomic E-state index is 0.189. The fourth-order valence-corrected chi connectivity index (χ4v) is 8.32. The maximum atomic E-state index is 13.3. The van der Waals surface area contributed by atoms with Gasteiger partial charge in [0.25, 0.3) is 11.8 Å². The van der Waals surface area contributed by atoms with E-state index in [9.17, 15) is 9.59 Å². The van der Waals surface area contributed by atoms with Gasteiger partial charge in [-0.05, 0) is 110 Å². The molecule has 4 aliphatic rings. The zero-order valence-electron chi connectivity index (χ0n) is 31.4. The molecule has 0 spiro atoms.